The molecule has 0 bridgehead atoms. The third-order valence-corrected chi connectivity index (χ3v) is 10.3. The zero-order valence-electron chi connectivity index (χ0n) is 23.1. The zero-order valence-corrected chi connectivity index (χ0v) is 24.7. The molecule has 0 amide bonds. The second kappa shape index (κ2) is 12.4. The number of nitrogens with zero attached hydrogens (tertiary/aromatic N) is 6. The summed E-state index contributed by atoms with van der Waals surface area (Å²) in [7, 11) is -3.19. The predicted octanol–water partition coefficient (Wildman–Crippen LogP) is 3.91. The summed E-state index contributed by atoms with van der Waals surface area (Å²) in [5.74, 6) is 1.53. The van der Waals surface area contributed by atoms with Crippen molar-refractivity contribution in [3.05, 3.63) is 48.9 Å². The van der Waals surface area contributed by atoms with Crippen LogP contribution in [-0.4, -0.2) is 95.1 Å². The largest absolute Gasteiger partial charge is 0.457 e. The summed E-state index contributed by atoms with van der Waals surface area (Å²) in [6.45, 7) is 8.02. The van der Waals surface area contributed by atoms with Gasteiger partial charge >= 0.3 is 0 Å². The van der Waals surface area contributed by atoms with Crippen LogP contribution in [0.2, 0.25) is 0 Å². The quantitative estimate of drug-likeness (QED) is 0.291. The van der Waals surface area contributed by atoms with Gasteiger partial charge in [-0.05, 0) is 38.0 Å². The Morgan fingerprint density at radius 1 is 1.12 bits per heavy atom. The van der Waals surface area contributed by atoms with Crippen molar-refractivity contribution in [2.75, 3.05) is 57.0 Å². The molecule has 3 aromatic heterocycles. The smallest absolute Gasteiger partial charge is 0.213 e. The topological polar surface area (TPSA) is 115 Å². The highest BCUT2D eigenvalue weighted by Crippen LogP contribution is 2.33. The molecular formula is C28H35N7O4S2. The second-order valence-corrected chi connectivity index (χ2v) is 13.6. The Hall–Kier alpha value is -3.10. The summed E-state index contributed by atoms with van der Waals surface area (Å²) in [5, 5.41) is 8.77. The molecule has 6 rings (SSSR count). The van der Waals surface area contributed by atoms with Gasteiger partial charge in [-0.3, -0.25) is 14.6 Å². The lowest BCUT2D eigenvalue weighted by molar-refractivity contribution is 0.0360. The number of anilines is 1. The highest BCUT2D eigenvalue weighted by molar-refractivity contribution is 7.89. The molecule has 1 N–H and O–H groups in total. The number of hydrogen-bond donors (Lipinski definition) is 1. The van der Waals surface area contributed by atoms with Gasteiger partial charge in [0.15, 0.2) is 5.13 Å². The lowest BCUT2D eigenvalue weighted by Gasteiger charge is -2.31. The first-order chi connectivity index (χ1) is 19.9. The third-order valence-electron chi connectivity index (χ3n) is 7.47. The van der Waals surface area contributed by atoms with Crippen LogP contribution in [0.1, 0.15) is 19.8 Å². The van der Waals surface area contributed by atoms with E-state index in [9.17, 15) is 8.42 Å². The number of nitrogens with one attached hydrogen (secondary N) is 1. The van der Waals surface area contributed by atoms with E-state index in [4.69, 9.17) is 14.5 Å². The number of ether oxygens (including phenoxy) is 2. The van der Waals surface area contributed by atoms with Gasteiger partial charge in [0.1, 0.15) is 11.5 Å². The fourth-order valence-electron chi connectivity index (χ4n) is 5.16. The molecule has 0 unspecified atom stereocenters. The van der Waals surface area contributed by atoms with Gasteiger partial charge in [0.25, 0.3) is 0 Å². The van der Waals surface area contributed by atoms with Crippen molar-refractivity contribution in [2.24, 2.45) is 0 Å². The van der Waals surface area contributed by atoms with Crippen LogP contribution >= 0.6 is 11.3 Å². The molecule has 41 heavy (non-hydrogen) atoms. The Balaban J connectivity index is 1.09. The van der Waals surface area contributed by atoms with Crippen molar-refractivity contribution >= 4 is 36.7 Å². The van der Waals surface area contributed by atoms with E-state index in [1.165, 1.54) is 0 Å². The fourth-order valence-corrected chi connectivity index (χ4v) is 7.31. The van der Waals surface area contributed by atoms with Crippen LogP contribution in [0.4, 0.5) is 5.13 Å². The van der Waals surface area contributed by atoms with Crippen molar-refractivity contribution < 1.29 is 17.9 Å². The van der Waals surface area contributed by atoms with Crippen LogP contribution in [0, 0.1) is 0 Å². The lowest BCUT2D eigenvalue weighted by Crippen LogP contribution is -2.45. The molecule has 1 aromatic carbocycles. The molecule has 0 aliphatic carbocycles. The number of thiazole rings is 1. The molecule has 2 saturated heterocycles. The van der Waals surface area contributed by atoms with Crippen LogP contribution in [-0.2, 0) is 21.3 Å². The van der Waals surface area contributed by atoms with E-state index in [0.29, 0.717) is 24.6 Å². The van der Waals surface area contributed by atoms with Gasteiger partial charge in [0.2, 0.25) is 10.0 Å². The first-order valence-electron chi connectivity index (χ1n) is 14.1. The standard InChI is InChI=1S/C28H35N7O4S2/c1-2-41(36,37)35-9-3-4-22(20-35)31-28-32-25-6-5-23(17-27(25)40-28)39-24-7-8-29-26(16-24)21-18-30-34(19-21)11-10-33-12-14-38-15-13-33/h5-8,16-19,22H,2-4,9-15,20H2,1H3,(H,31,32)/t22-/m0/s1. The van der Waals surface area contributed by atoms with Gasteiger partial charge in [0, 0.05) is 68.9 Å². The molecule has 2 aliphatic rings. The highest BCUT2D eigenvalue weighted by atomic mass is 32.2. The molecule has 2 aliphatic heterocycles. The average Bonchev–Trinajstić information content (AvgIpc) is 3.63. The number of sulfonamides is 1. The molecule has 0 saturated carbocycles. The third kappa shape index (κ3) is 6.87. The Morgan fingerprint density at radius 3 is 2.83 bits per heavy atom. The average molecular weight is 598 g/mol. The Kier molecular flexibility index (Phi) is 8.49. The Bertz CT molecular complexity index is 1580. The molecule has 2 fully saturated rings. The van der Waals surface area contributed by atoms with E-state index in [-0.39, 0.29) is 11.8 Å². The second-order valence-electron chi connectivity index (χ2n) is 10.3. The Labute approximate surface area is 244 Å². The number of pyridine rings is 1. The normalized spacial score (nSPS) is 19.0. The van der Waals surface area contributed by atoms with E-state index in [0.717, 1.165) is 78.8 Å². The van der Waals surface area contributed by atoms with Gasteiger partial charge in [-0.15, -0.1) is 0 Å². The minimum atomic E-state index is -3.19. The molecule has 11 nitrogen and oxygen atoms in total. The lowest BCUT2D eigenvalue weighted by atomic mass is 10.1. The summed E-state index contributed by atoms with van der Waals surface area (Å²) in [5.41, 5.74) is 2.62. The number of rotatable bonds is 10. The summed E-state index contributed by atoms with van der Waals surface area (Å²) in [6, 6.07) is 9.64. The van der Waals surface area contributed by atoms with Gasteiger partial charge in [-0.1, -0.05) is 11.3 Å². The van der Waals surface area contributed by atoms with E-state index < -0.39 is 10.0 Å². The first-order valence-corrected chi connectivity index (χ1v) is 16.5. The van der Waals surface area contributed by atoms with Crippen LogP contribution in [0.3, 0.4) is 0 Å². The van der Waals surface area contributed by atoms with Crippen molar-refractivity contribution in [2.45, 2.75) is 32.4 Å². The fraction of sp³-hybridized carbons (Fsp3) is 0.464. The van der Waals surface area contributed by atoms with Crippen LogP contribution in [0.15, 0.2) is 48.9 Å². The first kappa shape index (κ1) is 28.0. The monoisotopic (exact) mass is 597 g/mol. The van der Waals surface area contributed by atoms with Crippen molar-refractivity contribution in [1.82, 2.24) is 29.0 Å². The minimum absolute atomic E-state index is 0.0420. The van der Waals surface area contributed by atoms with Crippen molar-refractivity contribution in [3.63, 3.8) is 0 Å². The van der Waals surface area contributed by atoms with E-state index >= 15 is 0 Å². The molecule has 13 heteroatoms. The maximum absolute atomic E-state index is 12.3. The summed E-state index contributed by atoms with van der Waals surface area (Å²) in [4.78, 5) is 11.6. The summed E-state index contributed by atoms with van der Waals surface area (Å²) < 4.78 is 40.8. The van der Waals surface area contributed by atoms with Gasteiger partial charge in [0.05, 0.1) is 47.6 Å². The van der Waals surface area contributed by atoms with Gasteiger partial charge in [-0.25, -0.2) is 13.4 Å². The van der Waals surface area contributed by atoms with Crippen LogP contribution < -0.4 is 10.1 Å². The number of aromatic nitrogens is 4. The molecule has 218 valence electrons. The predicted molar refractivity (Wildman–Crippen MR) is 160 cm³/mol. The number of hydrogen-bond acceptors (Lipinski definition) is 10. The number of piperidine rings is 1. The van der Waals surface area contributed by atoms with E-state index in [2.05, 4.69) is 20.3 Å². The van der Waals surface area contributed by atoms with Crippen molar-refractivity contribution in [3.8, 4) is 22.8 Å². The number of benzene rings is 1. The van der Waals surface area contributed by atoms with Crippen LogP contribution in [0.25, 0.3) is 21.5 Å². The maximum Gasteiger partial charge on any atom is 0.213 e. The summed E-state index contributed by atoms with van der Waals surface area (Å²) in [6.07, 6.45) is 7.36. The molecule has 1 atom stereocenters. The Morgan fingerprint density at radius 2 is 1.98 bits per heavy atom. The van der Waals surface area contributed by atoms with Crippen molar-refractivity contribution in [1.29, 1.82) is 0 Å². The SMILES string of the molecule is CCS(=O)(=O)N1CCC[C@H](Nc2nc3ccc(Oc4ccnc(-c5cnn(CCN6CCOCC6)c5)c4)cc3s2)C1. The van der Waals surface area contributed by atoms with E-state index in [1.807, 2.05) is 47.4 Å². The molecule has 5 heterocycles. The van der Waals surface area contributed by atoms with Gasteiger partial charge < -0.3 is 14.8 Å². The number of fused-ring (bicyclic) bond motifs is 1. The van der Waals surface area contributed by atoms with E-state index in [1.54, 1.807) is 28.8 Å². The molecular weight excluding hydrogens is 562 g/mol. The van der Waals surface area contributed by atoms with Crippen LogP contribution in [0.5, 0.6) is 11.5 Å². The highest BCUT2D eigenvalue weighted by Gasteiger charge is 2.28. The molecule has 4 aromatic rings. The number of morpholine rings is 1. The summed E-state index contributed by atoms with van der Waals surface area (Å²) >= 11 is 1.54. The molecule has 0 spiro atoms. The minimum Gasteiger partial charge on any atom is -0.457 e. The van der Waals surface area contributed by atoms with Gasteiger partial charge in [-0.2, -0.15) is 9.40 Å². The zero-order chi connectivity index (χ0) is 28.2. The maximum atomic E-state index is 12.3. The molecule has 0 radical (unpaired) electrons.